The fourth-order valence-corrected chi connectivity index (χ4v) is 2.63. The van der Waals surface area contributed by atoms with E-state index >= 15 is 0 Å². The van der Waals surface area contributed by atoms with E-state index in [1.165, 1.54) is 6.92 Å². The molecule has 0 atom stereocenters. The molecule has 1 aromatic carbocycles. The van der Waals surface area contributed by atoms with Crippen molar-refractivity contribution in [2.45, 2.75) is 18.0 Å². The van der Waals surface area contributed by atoms with Gasteiger partial charge in [-0.05, 0) is 18.2 Å². The zero-order chi connectivity index (χ0) is 17.1. The molecule has 1 aromatic rings. The summed E-state index contributed by atoms with van der Waals surface area (Å²) in [5.41, 5.74) is 4.30. The maximum absolute atomic E-state index is 14.0. The summed E-state index contributed by atoms with van der Waals surface area (Å²) < 4.78 is 74.6. The lowest BCUT2D eigenvalue weighted by atomic mass is 10.2. The van der Waals surface area contributed by atoms with Gasteiger partial charge in [-0.15, -0.1) is 0 Å². The maximum Gasteiger partial charge on any atom is 0.405 e. The number of nitrogens with zero attached hydrogens (tertiary/aromatic N) is 1. The van der Waals surface area contributed by atoms with E-state index in [1.807, 2.05) is 0 Å². The van der Waals surface area contributed by atoms with E-state index in [0.29, 0.717) is 11.0 Å². The monoisotopic (exact) mass is 342 g/mol. The Bertz CT molecular complexity index is 659. The lowest BCUT2D eigenvalue weighted by Crippen LogP contribution is -2.40. The van der Waals surface area contributed by atoms with Crippen LogP contribution in [0.15, 0.2) is 23.1 Å². The number of hydrogen-bond acceptors (Lipinski definition) is 4. The number of primary amides is 1. The molecule has 0 unspecified atom stereocenters. The van der Waals surface area contributed by atoms with Crippen LogP contribution in [-0.4, -0.2) is 39.3 Å². The summed E-state index contributed by atoms with van der Waals surface area (Å²) >= 11 is 0. The van der Waals surface area contributed by atoms with Gasteiger partial charge in [0.25, 0.3) is 0 Å². The van der Waals surface area contributed by atoms with Gasteiger partial charge in [-0.2, -0.15) is 13.2 Å². The molecule has 0 fully saturated rings. The molecule has 0 aliphatic rings. The summed E-state index contributed by atoms with van der Waals surface area (Å²) in [4.78, 5) is 10.9. The van der Waals surface area contributed by atoms with E-state index < -0.39 is 46.5 Å². The molecule has 0 heterocycles. The van der Waals surface area contributed by atoms with Crippen LogP contribution < -0.4 is 10.6 Å². The molecule has 0 aromatic heterocycles. The molecule has 0 aliphatic heterocycles. The number of rotatable bonds is 6. The molecule has 0 spiro atoms. The highest BCUT2D eigenvalue weighted by Gasteiger charge is 2.32. The highest BCUT2D eigenvalue weighted by molar-refractivity contribution is 7.91. The van der Waals surface area contributed by atoms with Crippen LogP contribution in [0.25, 0.3) is 0 Å². The van der Waals surface area contributed by atoms with Crippen LogP contribution in [0.1, 0.15) is 6.92 Å². The second kappa shape index (κ2) is 6.51. The van der Waals surface area contributed by atoms with Gasteiger partial charge in [0, 0.05) is 0 Å². The molecule has 0 bridgehead atoms. The number of alkyl halides is 3. The van der Waals surface area contributed by atoms with Crippen molar-refractivity contribution in [2.75, 3.05) is 23.7 Å². The summed E-state index contributed by atoms with van der Waals surface area (Å²) in [7, 11) is -3.69. The first-order valence-corrected chi connectivity index (χ1v) is 7.74. The number of anilines is 1. The van der Waals surface area contributed by atoms with Crippen molar-refractivity contribution >= 4 is 21.4 Å². The average Bonchev–Trinajstić information content (AvgIpc) is 2.35. The van der Waals surface area contributed by atoms with Crippen LogP contribution in [0.3, 0.4) is 0 Å². The summed E-state index contributed by atoms with van der Waals surface area (Å²) in [5.74, 6) is -2.53. The van der Waals surface area contributed by atoms with Crippen LogP contribution in [0.5, 0.6) is 0 Å². The Kier molecular flexibility index (Phi) is 5.39. The Labute approximate surface area is 124 Å². The van der Waals surface area contributed by atoms with E-state index in [9.17, 15) is 30.8 Å². The van der Waals surface area contributed by atoms with Gasteiger partial charge in [0.15, 0.2) is 9.84 Å². The molecule has 0 radical (unpaired) electrons. The number of nitrogens with two attached hydrogens (primary N) is 1. The predicted octanol–water partition coefficient (Wildman–Crippen LogP) is 1.47. The van der Waals surface area contributed by atoms with Crippen LogP contribution in [0.2, 0.25) is 0 Å². The number of carbonyl (C=O) groups is 1. The first-order chi connectivity index (χ1) is 9.96. The molecule has 124 valence electrons. The molecule has 1 amide bonds. The van der Waals surface area contributed by atoms with E-state index in [0.717, 1.165) is 12.1 Å². The Balaban J connectivity index is 3.23. The van der Waals surface area contributed by atoms with Crippen molar-refractivity contribution in [1.82, 2.24) is 0 Å². The normalized spacial score (nSPS) is 12.2. The smallest absolute Gasteiger partial charge is 0.368 e. The number of sulfone groups is 1. The van der Waals surface area contributed by atoms with E-state index in [-0.39, 0.29) is 10.6 Å². The largest absolute Gasteiger partial charge is 0.405 e. The highest BCUT2D eigenvalue weighted by atomic mass is 32.2. The Morgan fingerprint density at radius 1 is 1.32 bits per heavy atom. The molecular weight excluding hydrogens is 328 g/mol. The molecular formula is C12H14F4N2O3S. The van der Waals surface area contributed by atoms with Gasteiger partial charge in [0.2, 0.25) is 5.91 Å². The molecule has 22 heavy (non-hydrogen) atoms. The van der Waals surface area contributed by atoms with E-state index in [4.69, 9.17) is 5.73 Å². The Morgan fingerprint density at radius 2 is 1.91 bits per heavy atom. The van der Waals surface area contributed by atoms with Crippen molar-refractivity contribution in [3.8, 4) is 0 Å². The molecule has 1 rings (SSSR count). The fraction of sp³-hybridized carbons (Fsp3) is 0.417. The van der Waals surface area contributed by atoms with Gasteiger partial charge >= 0.3 is 6.18 Å². The van der Waals surface area contributed by atoms with Crippen molar-refractivity contribution in [1.29, 1.82) is 0 Å². The minimum Gasteiger partial charge on any atom is -0.368 e. The maximum atomic E-state index is 14.0. The average molecular weight is 342 g/mol. The van der Waals surface area contributed by atoms with Crippen molar-refractivity contribution in [3.63, 3.8) is 0 Å². The summed E-state index contributed by atoms with van der Waals surface area (Å²) in [6, 6.07) is 2.49. The first-order valence-electron chi connectivity index (χ1n) is 6.08. The van der Waals surface area contributed by atoms with Gasteiger partial charge in [-0.3, -0.25) is 4.79 Å². The minimum atomic E-state index is -4.68. The minimum absolute atomic E-state index is 0.278. The molecule has 10 heteroatoms. The van der Waals surface area contributed by atoms with Crippen LogP contribution in [0.4, 0.5) is 23.2 Å². The van der Waals surface area contributed by atoms with Crippen molar-refractivity contribution < 1.29 is 30.8 Å². The van der Waals surface area contributed by atoms with Crippen molar-refractivity contribution in [3.05, 3.63) is 24.0 Å². The van der Waals surface area contributed by atoms with E-state index in [2.05, 4.69) is 0 Å². The number of amides is 1. The number of halogens is 4. The lowest BCUT2D eigenvalue weighted by molar-refractivity contribution is -0.122. The van der Waals surface area contributed by atoms with Gasteiger partial charge < -0.3 is 10.6 Å². The third-order valence-electron chi connectivity index (χ3n) is 2.72. The Hall–Kier alpha value is -1.84. The van der Waals surface area contributed by atoms with Crippen LogP contribution in [-0.2, 0) is 14.6 Å². The van der Waals surface area contributed by atoms with Gasteiger partial charge in [0.1, 0.15) is 12.4 Å². The fourth-order valence-electron chi connectivity index (χ4n) is 1.73. The lowest BCUT2D eigenvalue weighted by Gasteiger charge is -2.25. The molecule has 0 saturated carbocycles. The molecule has 0 saturated heterocycles. The second-order valence-corrected chi connectivity index (χ2v) is 6.73. The topological polar surface area (TPSA) is 80.5 Å². The second-order valence-electron chi connectivity index (χ2n) is 4.45. The number of hydrogen-bond donors (Lipinski definition) is 1. The van der Waals surface area contributed by atoms with Crippen LogP contribution >= 0.6 is 0 Å². The zero-order valence-corrected chi connectivity index (χ0v) is 12.3. The Morgan fingerprint density at radius 3 is 2.32 bits per heavy atom. The third-order valence-corrected chi connectivity index (χ3v) is 4.45. The summed E-state index contributed by atoms with van der Waals surface area (Å²) in [6.07, 6.45) is -4.68. The van der Waals surface area contributed by atoms with Crippen LogP contribution in [0, 0.1) is 5.82 Å². The zero-order valence-electron chi connectivity index (χ0n) is 11.5. The number of benzene rings is 1. The standard InChI is InChI=1S/C12H14F4N2O3S/c1-2-22(20,21)8-3-4-10(9(13)5-8)18(6-11(17)19)7-12(14,15)16/h3-5H,2,6-7H2,1H3,(H2,17,19). The molecule has 5 nitrogen and oxygen atoms in total. The van der Waals surface area contributed by atoms with Gasteiger partial charge in [0.05, 0.1) is 22.9 Å². The summed E-state index contributed by atoms with van der Waals surface area (Å²) in [6.45, 7) is -1.09. The summed E-state index contributed by atoms with van der Waals surface area (Å²) in [5, 5.41) is 0. The molecule has 0 aliphatic carbocycles. The van der Waals surface area contributed by atoms with Gasteiger partial charge in [-0.25, -0.2) is 12.8 Å². The first kappa shape index (κ1) is 18.2. The predicted molar refractivity (Wildman–Crippen MR) is 71.6 cm³/mol. The quantitative estimate of drug-likeness (QED) is 0.794. The van der Waals surface area contributed by atoms with E-state index in [1.54, 1.807) is 0 Å². The third kappa shape index (κ3) is 4.86. The van der Waals surface area contributed by atoms with Crippen molar-refractivity contribution in [2.24, 2.45) is 5.73 Å². The van der Waals surface area contributed by atoms with Gasteiger partial charge in [-0.1, -0.05) is 6.92 Å². The number of carbonyl (C=O) groups excluding carboxylic acids is 1. The SMILES string of the molecule is CCS(=O)(=O)c1ccc(N(CC(N)=O)CC(F)(F)F)c(F)c1. The molecule has 2 N–H and O–H groups in total. The highest BCUT2D eigenvalue weighted by Crippen LogP contribution is 2.26.